The van der Waals surface area contributed by atoms with Crippen molar-refractivity contribution in [1.82, 2.24) is 19.3 Å². The third-order valence-electron chi connectivity index (χ3n) is 4.52. The number of Topliss-reactive ketones (excluding diaryl/α,β-unsaturated/α-hetero) is 1. The molecule has 0 amide bonds. The molecule has 0 spiro atoms. The van der Waals surface area contributed by atoms with Gasteiger partial charge in [-0.2, -0.15) is 12.7 Å². The quantitative estimate of drug-likeness (QED) is 0.535. The van der Waals surface area contributed by atoms with E-state index in [-0.39, 0.29) is 18.0 Å². The summed E-state index contributed by atoms with van der Waals surface area (Å²) in [7, 11) is -1.07. The van der Waals surface area contributed by atoms with E-state index in [9.17, 15) is 13.2 Å². The van der Waals surface area contributed by atoms with Gasteiger partial charge in [0.05, 0.1) is 24.0 Å². The maximum absolute atomic E-state index is 12.5. The van der Waals surface area contributed by atoms with Gasteiger partial charge in [-0.25, -0.2) is 0 Å². The minimum absolute atomic E-state index is 0.0804. The third-order valence-corrected chi connectivity index (χ3v) is 5.82. The number of ketones is 1. The first-order valence-electron chi connectivity index (χ1n) is 9.15. The topological polar surface area (TPSA) is 102 Å². The van der Waals surface area contributed by atoms with Gasteiger partial charge in [-0.1, -0.05) is 6.07 Å². The molecule has 0 atom stereocenters. The summed E-state index contributed by atoms with van der Waals surface area (Å²) in [6, 6.07) is 6.72. The molecule has 9 heteroatoms. The summed E-state index contributed by atoms with van der Waals surface area (Å²) in [6.07, 6.45) is 6.41. The molecule has 0 saturated heterocycles. The number of pyridine rings is 1. The maximum atomic E-state index is 12.5. The van der Waals surface area contributed by atoms with E-state index in [1.165, 1.54) is 14.1 Å². The van der Waals surface area contributed by atoms with Crippen LogP contribution in [0, 0.1) is 13.8 Å². The highest BCUT2D eigenvalue weighted by Gasteiger charge is 2.17. The molecule has 2 aromatic heterocycles. The minimum atomic E-state index is -3.86. The standard InChI is InChI=1S/C21H22N4O4S/c1-14-5-6-17(29-30(27,28)25(3)4)10-18(14)20-13-23-16(11-24-20)9-21(26)19-12-22-8-7-15(19)2/h5-8,10-13H,9H2,1-4H3. The van der Waals surface area contributed by atoms with Gasteiger partial charge in [0.1, 0.15) is 5.75 Å². The molecule has 0 fully saturated rings. The third kappa shape index (κ3) is 4.87. The molecule has 0 aliphatic heterocycles. The van der Waals surface area contributed by atoms with Crippen molar-refractivity contribution in [2.75, 3.05) is 14.1 Å². The SMILES string of the molecule is Cc1ccncc1C(=O)Cc1cnc(-c2cc(OS(=O)(=O)N(C)C)ccc2C)cn1. The average Bonchev–Trinajstić information content (AvgIpc) is 2.70. The predicted octanol–water partition coefficient (Wildman–Crippen LogP) is 2.77. The number of nitrogens with zero attached hydrogens (tertiary/aromatic N) is 4. The van der Waals surface area contributed by atoms with Crippen LogP contribution in [0.5, 0.6) is 5.75 Å². The van der Waals surface area contributed by atoms with Crippen LogP contribution in [0.1, 0.15) is 27.2 Å². The van der Waals surface area contributed by atoms with Crippen LogP contribution < -0.4 is 4.18 Å². The molecular weight excluding hydrogens is 404 g/mol. The van der Waals surface area contributed by atoms with E-state index in [0.29, 0.717) is 22.5 Å². The van der Waals surface area contributed by atoms with E-state index in [1.54, 1.807) is 49.1 Å². The molecule has 8 nitrogen and oxygen atoms in total. The van der Waals surface area contributed by atoms with Crippen molar-refractivity contribution in [3.63, 3.8) is 0 Å². The lowest BCUT2D eigenvalue weighted by molar-refractivity contribution is 0.0991. The van der Waals surface area contributed by atoms with Gasteiger partial charge in [0.25, 0.3) is 0 Å². The Bertz CT molecular complexity index is 1180. The molecule has 30 heavy (non-hydrogen) atoms. The Morgan fingerprint density at radius 1 is 1.03 bits per heavy atom. The van der Waals surface area contributed by atoms with Crippen LogP contribution in [0.4, 0.5) is 0 Å². The van der Waals surface area contributed by atoms with E-state index in [4.69, 9.17) is 4.18 Å². The van der Waals surface area contributed by atoms with Gasteiger partial charge >= 0.3 is 10.3 Å². The molecule has 3 rings (SSSR count). The van der Waals surface area contributed by atoms with Crippen molar-refractivity contribution >= 4 is 16.1 Å². The number of aryl methyl sites for hydroxylation is 2. The van der Waals surface area contributed by atoms with E-state index in [0.717, 1.165) is 15.4 Å². The Balaban J connectivity index is 1.81. The molecule has 0 bridgehead atoms. The van der Waals surface area contributed by atoms with E-state index < -0.39 is 10.3 Å². The van der Waals surface area contributed by atoms with Crippen LogP contribution >= 0.6 is 0 Å². The lowest BCUT2D eigenvalue weighted by Gasteiger charge is -2.13. The zero-order valence-electron chi connectivity index (χ0n) is 17.2. The van der Waals surface area contributed by atoms with E-state index >= 15 is 0 Å². The lowest BCUT2D eigenvalue weighted by Crippen LogP contribution is -2.27. The lowest BCUT2D eigenvalue weighted by atomic mass is 10.0. The van der Waals surface area contributed by atoms with Crippen LogP contribution in [0.2, 0.25) is 0 Å². The normalized spacial score (nSPS) is 11.5. The molecule has 0 aliphatic rings. The monoisotopic (exact) mass is 426 g/mol. The highest BCUT2D eigenvalue weighted by atomic mass is 32.2. The van der Waals surface area contributed by atoms with Gasteiger partial charge in [0.15, 0.2) is 5.78 Å². The summed E-state index contributed by atoms with van der Waals surface area (Å²) in [5, 5.41) is 0. The Morgan fingerprint density at radius 3 is 2.43 bits per heavy atom. The Morgan fingerprint density at radius 2 is 1.80 bits per heavy atom. The summed E-state index contributed by atoms with van der Waals surface area (Å²) >= 11 is 0. The highest BCUT2D eigenvalue weighted by molar-refractivity contribution is 7.84. The van der Waals surface area contributed by atoms with Gasteiger partial charge in [-0.05, 0) is 43.2 Å². The van der Waals surface area contributed by atoms with Crippen molar-refractivity contribution in [3.8, 4) is 17.0 Å². The van der Waals surface area contributed by atoms with Crippen LogP contribution in [-0.2, 0) is 16.7 Å². The molecule has 0 saturated carbocycles. The molecule has 3 aromatic rings. The zero-order valence-corrected chi connectivity index (χ0v) is 18.0. The smallest absolute Gasteiger partial charge is 0.371 e. The largest absolute Gasteiger partial charge is 0.384 e. The van der Waals surface area contributed by atoms with Crippen molar-refractivity contribution in [1.29, 1.82) is 0 Å². The first kappa shape index (κ1) is 21.5. The second kappa shape index (κ2) is 8.68. The number of hydrogen-bond donors (Lipinski definition) is 0. The number of aromatic nitrogens is 3. The summed E-state index contributed by atoms with van der Waals surface area (Å²) in [4.78, 5) is 25.3. The molecule has 0 N–H and O–H groups in total. The van der Waals surface area contributed by atoms with Crippen molar-refractivity contribution in [3.05, 3.63) is 71.4 Å². The van der Waals surface area contributed by atoms with Crippen molar-refractivity contribution < 1.29 is 17.4 Å². The second-order valence-electron chi connectivity index (χ2n) is 6.98. The number of carbonyl (C=O) groups excluding carboxylic acids is 1. The van der Waals surface area contributed by atoms with Gasteiger partial charge in [0, 0.05) is 43.8 Å². The molecule has 0 aliphatic carbocycles. The molecule has 1 aromatic carbocycles. The average molecular weight is 426 g/mol. The number of benzene rings is 1. The van der Waals surface area contributed by atoms with Crippen LogP contribution in [0.3, 0.4) is 0 Å². The second-order valence-corrected chi connectivity index (χ2v) is 8.74. The summed E-state index contributed by atoms with van der Waals surface area (Å²) < 4.78 is 30.0. The Hall–Kier alpha value is -3.17. The first-order chi connectivity index (χ1) is 14.2. The highest BCUT2D eigenvalue weighted by Crippen LogP contribution is 2.27. The molecule has 0 radical (unpaired) electrons. The maximum Gasteiger partial charge on any atom is 0.384 e. The Labute approximate surface area is 175 Å². The zero-order chi connectivity index (χ0) is 21.9. The van der Waals surface area contributed by atoms with Crippen LogP contribution in [0.25, 0.3) is 11.3 Å². The fraction of sp³-hybridized carbons (Fsp3) is 0.238. The van der Waals surface area contributed by atoms with Crippen molar-refractivity contribution in [2.45, 2.75) is 20.3 Å². The van der Waals surface area contributed by atoms with Gasteiger partial charge in [-0.3, -0.25) is 19.7 Å². The van der Waals surface area contributed by atoms with Gasteiger partial charge < -0.3 is 4.18 Å². The van der Waals surface area contributed by atoms with Crippen molar-refractivity contribution in [2.24, 2.45) is 0 Å². The molecular formula is C21H22N4O4S. The summed E-state index contributed by atoms with van der Waals surface area (Å²) in [5.74, 6) is 0.0977. The Kier molecular flexibility index (Phi) is 6.23. The molecule has 156 valence electrons. The number of hydrogen-bond acceptors (Lipinski definition) is 7. The predicted molar refractivity (Wildman–Crippen MR) is 112 cm³/mol. The first-order valence-corrected chi connectivity index (χ1v) is 10.5. The summed E-state index contributed by atoms with van der Waals surface area (Å²) in [6.45, 7) is 3.74. The van der Waals surface area contributed by atoms with Gasteiger partial charge in [-0.15, -0.1) is 0 Å². The van der Waals surface area contributed by atoms with E-state index in [1.807, 2.05) is 13.8 Å². The van der Waals surface area contributed by atoms with Crippen LogP contribution in [-0.4, -0.2) is 47.6 Å². The summed E-state index contributed by atoms with van der Waals surface area (Å²) in [5.41, 5.74) is 4.08. The fourth-order valence-electron chi connectivity index (χ4n) is 2.73. The minimum Gasteiger partial charge on any atom is -0.371 e. The number of carbonyl (C=O) groups is 1. The fourth-order valence-corrected chi connectivity index (χ4v) is 3.22. The van der Waals surface area contributed by atoms with Crippen LogP contribution in [0.15, 0.2) is 49.1 Å². The van der Waals surface area contributed by atoms with Gasteiger partial charge in [0.2, 0.25) is 0 Å². The van der Waals surface area contributed by atoms with E-state index in [2.05, 4.69) is 15.0 Å². The number of rotatable bonds is 7. The molecule has 0 unspecified atom stereocenters. The molecule has 2 heterocycles.